The number of piperidine rings is 1. The van der Waals surface area contributed by atoms with Crippen LogP contribution in [-0.2, 0) is 16.4 Å². The van der Waals surface area contributed by atoms with E-state index in [1.807, 2.05) is 24.3 Å². The van der Waals surface area contributed by atoms with Crippen LogP contribution in [0.1, 0.15) is 31.7 Å². The van der Waals surface area contributed by atoms with Gasteiger partial charge in [0.15, 0.2) is 0 Å². The van der Waals surface area contributed by atoms with Crippen molar-refractivity contribution in [3.05, 3.63) is 29.8 Å². The van der Waals surface area contributed by atoms with Gasteiger partial charge in [-0.2, -0.15) is 0 Å². The van der Waals surface area contributed by atoms with E-state index in [2.05, 4.69) is 17.0 Å². The molecule has 106 valence electrons. The Morgan fingerprint density at radius 3 is 2.58 bits per heavy atom. The summed E-state index contributed by atoms with van der Waals surface area (Å²) in [5.74, 6) is 0.155. The van der Waals surface area contributed by atoms with Crippen molar-refractivity contribution in [3.63, 3.8) is 0 Å². The Hall–Kier alpha value is -1.07. The van der Waals surface area contributed by atoms with E-state index in [1.165, 1.54) is 5.56 Å². The monoisotopic (exact) mass is 282 g/mol. The third kappa shape index (κ3) is 4.51. The van der Waals surface area contributed by atoms with Crippen molar-refractivity contribution in [3.8, 4) is 0 Å². The molecule has 1 aliphatic rings. The van der Waals surface area contributed by atoms with Crippen molar-refractivity contribution in [2.24, 2.45) is 0 Å². The van der Waals surface area contributed by atoms with Crippen LogP contribution in [0.4, 0.5) is 5.69 Å². The Bertz CT molecular complexity index is 491. The molecule has 1 saturated heterocycles. The highest BCUT2D eigenvalue weighted by atomic mass is 32.2. The summed E-state index contributed by atoms with van der Waals surface area (Å²) in [6, 6.07) is 7.64. The molecule has 0 amide bonds. The van der Waals surface area contributed by atoms with E-state index in [-0.39, 0.29) is 11.8 Å². The molecule has 1 fully saturated rings. The van der Waals surface area contributed by atoms with Gasteiger partial charge < -0.3 is 5.32 Å². The number of hydrogen-bond donors (Lipinski definition) is 2. The van der Waals surface area contributed by atoms with E-state index in [0.29, 0.717) is 5.69 Å². The first-order valence-corrected chi connectivity index (χ1v) is 8.57. The van der Waals surface area contributed by atoms with Crippen molar-refractivity contribution >= 4 is 15.7 Å². The fourth-order valence-corrected chi connectivity index (χ4v) is 3.75. The van der Waals surface area contributed by atoms with E-state index in [0.717, 1.165) is 32.2 Å². The first-order chi connectivity index (χ1) is 9.09. The van der Waals surface area contributed by atoms with Gasteiger partial charge in [-0.25, -0.2) is 8.42 Å². The van der Waals surface area contributed by atoms with Gasteiger partial charge in [0.05, 0.1) is 5.75 Å². The molecule has 0 saturated carbocycles. The average Bonchev–Trinajstić information content (AvgIpc) is 2.39. The van der Waals surface area contributed by atoms with Gasteiger partial charge in [0.2, 0.25) is 10.0 Å². The van der Waals surface area contributed by atoms with Gasteiger partial charge in [0.25, 0.3) is 0 Å². The molecule has 2 N–H and O–H groups in total. The van der Waals surface area contributed by atoms with E-state index in [1.54, 1.807) is 0 Å². The van der Waals surface area contributed by atoms with Crippen molar-refractivity contribution in [2.45, 2.75) is 38.6 Å². The van der Waals surface area contributed by atoms with Crippen molar-refractivity contribution < 1.29 is 8.42 Å². The fraction of sp³-hybridized carbons (Fsp3) is 0.571. The zero-order valence-corrected chi connectivity index (χ0v) is 12.2. The van der Waals surface area contributed by atoms with E-state index in [4.69, 9.17) is 0 Å². The van der Waals surface area contributed by atoms with Gasteiger partial charge in [-0.05, 0) is 43.5 Å². The maximum Gasteiger partial charge on any atom is 0.234 e. The van der Waals surface area contributed by atoms with Crippen LogP contribution >= 0.6 is 0 Å². The van der Waals surface area contributed by atoms with E-state index in [9.17, 15) is 8.42 Å². The van der Waals surface area contributed by atoms with Gasteiger partial charge in [0.1, 0.15) is 0 Å². The largest absolute Gasteiger partial charge is 0.313 e. The Balaban J connectivity index is 1.95. The normalized spacial score (nSPS) is 20.2. The second kappa shape index (κ2) is 6.39. The summed E-state index contributed by atoms with van der Waals surface area (Å²) in [5.41, 5.74) is 1.85. The van der Waals surface area contributed by atoms with E-state index >= 15 is 0 Å². The van der Waals surface area contributed by atoms with Crippen molar-refractivity contribution in [2.75, 3.05) is 17.0 Å². The zero-order chi connectivity index (χ0) is 13.7. The Kier molecular flexibility index (Phi) is 4.82. The van der Waals surface area contributed by atoms with Crippen LogP contribution in [0.3, 0.4) is 0 Å². The lowest BCUT2D eigenvalue weighted by atomic mass is 10.1. The Morgan fingerprint density at radius 2 is 2.00 bits per heavy atom. The summed E-state index contributed by atoms with van der Waals surface area (Å²) in [7, 11) is -3.27. The first kappa shape index (κ1) is 14.3. The molecule has 0 radical (unpaired) electrons. The summed E-state index contributed by atoms with van der Waals surface area (Å²) < 4.78 is 26.8. The van der Waals surface area contributed by atoms with Crippen LogP contribution in [0, 0.1) is 0 Å². The topological polar surface area (TPSA) is 58.2 Å². The summed E-state index contributed by atoms with van der Waals surface area (Å²) in [5, 5.41) is 3.26. The molecule has 5 heteroatoms. The van der Waals surface area contributed by atoms with Crippen LogP contribution in [0.15, 0.2) is 24.3 Å². The standard InChI is InChI=1S/C14H22N2O2S/c1-2-12-6-8-13(9-7-12)16-19(17,18)11-14-5-3-4-10-15-14/h6-9,14-16H,2-5,10-11H2,1H3. The Morgan fingerprint density at radius 1 is 1.26 bits per heavy atom. The molecule has 1 atom stereocenters. The van der Waals surface area contributed by atoms with Crippen LogP contribution in [0.2, 0.25) is 0 Å². The number of aryl methyl sites for hydroxylation is 1. The third-order valence-electron chi connectivity index (χ3n) is 3.47. The summed E-state index contributed by atoms with van der Waals surface area (Å²) >= 11 is 0. The van der Waals surface area contributed by atoms with Crippen molar-refractivity contribution in [1.29, 1.82) is 0 Å². The molecule has 2 rings (SSSR count). The second-order valence-electron chi connectivity index (χ2n) is 5.08. The molecule has 1 heterocycles. The molecule has 19 heavy (non-hydrogen) atoms. The molecule has 0 aliphatic carbocycles. The second-order valence-corrected chi connectivity index (χ2v) is 6.85. The average molecular weight is 282 g/mol. The number of benzene rings is 1. The third-order valence-corrected chi connectivity index (χ3v) is 4.86. The number of hydrogen-bond acceptors (Lipinski definition) is 3. The number of sulfonamides is 1. The molecule has 1 aromatic carbocycles. The number of rotatable bonds is 5. The minimum absolute atomic E-state index is 0.0844. The van der Waals surface area contributed by atoms with Crippen LogP contribution < -0.4 is 10.0 Å². The molecular weight excluding hydrogens is 260 g/mol. The predicted octanol–water partition coefficient (Wildman–Crippen LogP) is 2.13. The lowest BCUT2D eigenvalue weighted by Gasteiger charge is -2.23. The SMILES string of the molecule is CCc1ccc(NS(=O)(=O)CC2CCCCN2)cc1. The van der Waals surface area contributed by atoms with Gasteiger partial charge in [-0.1, -0.05) is 25.5 Å². The minimum atomic E-state index is -3.27. The van der Waals surface area contributed by atoms with Gasteiger partial charge in [0, 0.05) is 11.7 Å². The number of nitrogens with one attached hydrogen (secondary N) is 2. The number of anilines is 1. The molecular formula is C14H22N2O2S. The maximum absolute atomic E-state index is 12.1. The van der Waals surface area contributed by atoms with Crippen LogP contribution in [0.5, 0.6) is 0 Å². The van der Waals surface area contributed by atoms with E-state index < -0.39 is 10.0 Å². The molecule has 0 bridgehead atoms. The van der Waals surface area contributed by atoms with Crippen molar-refractivity contribution in [1.82, 2.24) is 5.32 Å². The molecule has 4 nitrogen and oxygen atoms in total. The quantitative estimate of drug-likeness (QED) is 0.870. The minimum Gasteiger partial charge on any atom is -0.313 e. The molecule has 1 aromatic rings. The highest BCUT2D eigenvalue weighted by Gasteiger charge is 2.20. The van der Waals surface area contributed by atoms with Crippen LogP contribution in [0.25, 0.3) is 0 Å². The molecule has 1 aliphatic heterocycles. The summed E-state index contributed by atoms with van der Waals surface area (Å²) in [6.07, 6.45) is 4.15. The van der Waals surface area contributed by atoms with Gasteiger partial charge in [-0.3, -0.25) is 4.72 Å². The zero-order valence-electron chi connectivity index (χ0n) is 11.4. The molecule has 0 spiro atoms. The summed E-state index contributed by atoms with van der Waals surface area (Å²) in [6.45, 7) is 3.00. The fourth-order valence-electron chi connectivity index (χ4n) is 2.36. The highest BCUT2D eigenvalue weighted by molar-refractivity contribution is 7.92. The van der Waals surface area contributed by atoms with Gasteiger partial charge in [-0.15, -0.1) is 0 Å². The first-order valence-electron chi connectivity index (χ1n) is 6.92. The predicted molar refractivity (Wildman–Crippen MR) is 78.9 cm³/mol. The lowest BCUT2D eigenvalue weighted by Crippen LogP contribution is -2.40. The summed E-state index contributed by atoms with van der Waals surface area (Å²) in [4.78, 5) is 0. The van der Waals surface area contributed by atoms with Gasteiger partial charge >= 0.3 is 0 Å². The molecule has 0 aromatic heterocycles. The highest BCUT2D eigenvalue weighted by Crippen LogP contribution is 2.14. The Labute approximate surface area is 115 Å². The smallest absolute Gasteiger partial charge is 0.234 e. The van der Waals surface area contributed by atoms with Crippen LogP contribution in [-0.4, -0.2) is 26.8 Å². The molecule has 1 unspecified atom stereocenters. The maximum atomic E-state index is 12.1. The lowest BCUT2D eigenvalue weighted by molar-refractivity contribution is 0.424.